The Morgan fingerprint density at radius 1 is 1.12 bits per heavy atom. The summed E-state index contributed by atoms with van der Waals surface area (Å²) in [6, 6.07) is 10.2. The van der Waals surface area contributed by atoms with E-state index in [-0.39, 0.29) is 53.5 Å². The van der Waals surface area contributed by atoms with E-state index < -0.39 is 47.6 Å². The number of fused-ring (bicyclic) bond motifs is 1. The van der Waals surface area contributed by atoms with Crippen LogP contribution < -0.4 is 20.5 Å². The summed E-state index contributed by atoms with van der Waals surface area (Å²) < 4.78 is 46.4. The van der Waals surface area contributed by atoms with Crippen molar-refractivity contribution >= 4 is 51.9 Å². The molecule has 2 saturated heterocycles. The van der Waals surface area contributed by atoms with Crippen molar-refractivity contribution in [1.82, 2.24) is 14.5 Å². The molecule has 2 aliphatic rings. The number of hydrogen-bond acceptors (Lipinski definition) is 10. The first-order valence-electron chi connectivity index (χ1n) is 15.9. The largest absolute Gasteiger partial charge is 0.476 e. The van der Waals surface area contributed by atoms with Gasteiger partial charge in [0.2, 0.25) is 0 Å². The summed E-state index contributed by atoms with van der Waals surface area (Å²) in [4.78, 5) is 45.7. The molecule has 2 aliphatic heterocycles. The van der Waals surface area contributed by atoms with Crippen LogP contribution in [0, 0.1) is 29.1 Å². The van der Waals surface area contributed by atoms with Crippen LogP contribution in [0.4, 0.5) is 30.9 Å². The number of rotatable bonds is 8. The number of anilines is 3. The second-order valence-electron chi connectivity index (χ2n) is 13.6. The number of halogens is 3. The topological polar surface area (TPSA) is 139 Å². The molecule has 0 bridgehead atoms. The van der Waals surface area contributed by atoms with Gasteiger partial charge < -0.3 is 33.9 Å². The van der Waals surface area contributed by atoms with Gasteiger partial charge >= 0.3 is 12.1 Å². The van der Waals surface area contributed by atoms with Gasteiger partial charge in [0.15, 0.2) is 18.2 Å². The molecule has 1 aromatic carbocycles. The monoisotopic (exact) mass is 700 g/mol. The first-order chi connectivity index (χ1) is 23.0. The lowest BCUT2D eigenvalue weighted by Gasteiger charge is -2.42. The number of carbonyl (C=O) groups excluding carboxylic acids is 2. The number of amides is 1. The summed E-state index contributed by atoms with van der Waals surface area (Å²) >= 11 is 6.53. The smallest absolute Gasteiger partial charge is 0.410 e. The summed E-state index contributed by atoms with van der Waals surface area (Å²) in [5.41, 5.74) is 0.177. The molecule has 2 aromatic heterocycles. The van der Waals surface area contributed by atoms with Crippen molar-refractivity contribution < 1.29 is 32.6 Å². The third kappa shape index (κ3) is 7.67. The van der Waals surface area contributed by atoms with Crippen molar-refractivity contribution in [2.45, 2.75) is 52.7 Å². The van der Waals surface area contributed by atoms with E-state index in [1.807, 2.05) is 0 Å². The number of nitriles is 1. The summed E-state index contributed by atoms with van der Waals surface area (Å²) in [5, 5.41) is 13.7. The molecule has 1 amide bonds. The molecule has 4 heterocycles. The number of alkyl halides is 2. The highest BCUT2D eigenvalue weighted by molar-refractivity contribution is 6.33. The predicted octanol–water partition coefficient (Wildman–Crippen LogP) is 5.81. The molecule has 3 aromatic rings. The number of methoxy groups -OCH3 is 1. The number of likely N-dealkylation sites (tertiary alicyclic amines) is 1. The van der Waals surface area contributed by atoms with Crippen molar-refractivity contribution in [3.05, 3.63) is 51.3 Å². The van der Waals surface area contributed by atoms with E-state index in [1.54, 1.807) is 53.3 Å². The average Bonchev–Trinajstić information content (AvgIpc) is 3.00. The molecule has 1 N–H and O–H groups in total. The molecule has 49 heavy (non-hydrogen) atoms. The van der Waals surface area contributed by atoms with E-state index in [1.165, 1.54) is 33.1 Å². The van der Waals surface area contributed by atoms with Crippen LogP contribution in [0.2, 0.25) is 5.02 Å². The molecular weight excluding hydrogens is 662 g/mol. The first kappa shape index (κ1) is 35.7. The number of aromatic nitrogens is 2. The van der Waals surface area contributed by atoms with Gasteiger partial charge in [-0.3, -0.25) is 4.79 Å². The number of nitrogens with zero attached hydrogens (tertiary/aromatic N) is 5. The summed E-state index contributed by atoms with van der Waals surface area (Å²) in [6.45, 7) is 8.94. The fourth-order valence-electron chi connectivity index (χ4n) is 6.00. The Kier molecular flexibility index (Phi) is 9.97. The zero-order valence-corrected chi connectivity index (χ0v) is 28.9. The van der Waals surface area contributed by atoms with E-state index in [4.69, 9.17) is 21.1 Å². The summed E-state index contributed by atoms with van der Waals surface area (Å²) in [7, 11) is 1.21. The normalized spacial score (nSPS) is 19.2. The number of carbonyl (C=O) groups is 2. The van der Waals surface area contributed by atoms with Crippen LogP contribution in [0.5, 0.6) is 5.75 Å². The van der Waals surface area contributed by atoms with Crippen LogP contribution in [0.1, 0.15) is 40.2 Å². The summed E-state index contributed by atoms with van der Waals surface area (Å²) in [5.74, 6) is -5.07. The molecule has 5 rings (SSSR count). The van der Waals surface area contributed by atoms with Crippen molar-refractivity contribution in [1.29, 1.82) is 5.26 Å². The number of nitrogens with one attached hydrogen (secondary N) is 1. The standard InChI is InChI=1S/C34H39ClF2N6O6/c1-19-13-41(14-20(2)34(19,36)37)30-23(12-38)10-25(35)29(40-30)39-24-7-8-26-22(9-24)11-27(48-18-28(44)47-6)31(45)43(26)17-21-15-42(16-21)32(46)49-33(3,4)5/h7-11,19-21H,13-18H2,1-6H3,(H,39,40)/t19-,20+. The highest BCUT2D eigenvalue weighted by atomic mass is 35.5. The van der Waals surface area contributed by atoms with Crippen LogP contribution in [-0.4, -0.2) is 77.9 Å². The second kappa shape index (κ2) is 13.7. The highest BCUT2D eigenvalue weighted by Gasteiger charge is 2.47. The third-order valence-electron chi connectivity index (χ3n) is 8.62. The zero-order chi connectivity index (χ0) is 35.8. The predicted molar refractivity (Wildman–Crippen MR) is 180 cm³/mol. The average molecular weight is 701 g/mol. The van der Waals surface area contributed by atoms with Gasteiger partial charge in [-0.15, -0.1) is 0 Å². The highest BCUT2D eigenvalue weighted by Crippen LogP contribution is 2.40. The maximum atomic E-state index is 14.6. The van der Waals surface area contributed by atoms with Crippen molar-refractivity contribution in [2.24, 2.45) is 17.8 Å². The van der Waals surface area contributed by atoms with Gasteiger partial charge in [0, 0.05) is 61.6 Å². The van der Waals surface area contributed by atoms with E-state index >= 15 is 0 Å². The number of pyridine rings is 2. The van der Waals surface area contributed by atoms with Crippen LogP contribution >= 0.6 is 11.6 Å². The molecule has 0 radical (unpaired) electrons. The lowest BCUT2D eigenvalue weighted by molar-refractivity contribution is -0.142. The molecule has 12 nitrogen and oxygen atoms in total. The van der Waals surface area contributed by atoms with Crippen LogP contribution in [-0.2, 0) is 20.8 Å². The van der Waals surface area contributed by atoms with E-state index in [9.17, 15) is 28.4 Å². The van der Waals surface area contributed by atoms with Crippen molar-refractivity contribution in [3.63, 3.8) is 0 Å². The van der Waals surface area contributed by atoms with Gasteiger partial charge in [0.25, 0.3) is 11.5 Å². The minimum atomic E-state index is -2.85. The maximum Gasteiger partial charge on any atom is 0.410 e. The molecule has 262 valence electrons. The zero-order valence-electron chi connectivity index (χ0n) is 28.2. The van der Waals surface area contributed by atoms with E-state index in [0.29, 0.717) is 29.7 Å². The fraction of sp³-hybridized carbons (Fsp3) is 0.500. The lowest BCUT2D eigenvalue weighted by Crippen LogP contribution is -2.53. The molecule has 0 saturated carbocycles. The second-order valence-corrected chi connectivity index (χ2v) is 14.0. The van der Waals surface area contributed by atoms with Crippen LogP contribution in [0.25, 0.3) is 10.9 Å². The number of benzene rings is 1. The van der Waals surface area contributed by atoms with Crippen molar-refractivity contribution in [2.75, 3.05) is 50.1 Å². The van der Waals surface area contributed by atoms with Crippen molar-refractivity contribution in [3.8, 4) is 11.8 Å². The van der Waals surface area contributed by atoms with Gasteiger partial charge in [0.1, 0.15) is 17.5 Å². The molecule has 2 atom stereocenters. The number of ether oxygens (including phenoxy) is 3. The van der Waals surface area contributed by atoms with Gasteiger partial charge in [-0.25, -0.2) is 23.4 Å². The third-order valence-corrected chi connectivity index (χ3v) is 8.91. The molecule has 2 fully saturated rings. The quantitative estimate of drug-likeness (QED) is 0.287. The first-order valence-corrected chi connectivity index (χ1v) is 16.2. The Morgan fingerprint density at radius 3 is 2.41 bits per heavy atom. The molecule has 0 unspecified atom stereocenters. The molecule has 0 spiro atoms. The number of esters is 1. The van der Waals surface area contributed by atoms with Crippen LogP contribution in [0.3, 0.4) is 0 Å². The van der Waals surface area contributed by atoms with Gasteiger partial charge in [0.05, 0.1) is 23.2 Å². The Bertz CT molecular complexity index is 1850. The van der Waals surface area contributed by atoms with Gasteiger partial charge in [-0.2, -0.15) is 5.26 Å². The molecule has 15 heteroatoms. The Balaban J connectivity index is 1.45. The SMILES string of the molecule is COC(=O)COc1cc2cc(Nc3nc(N4C[C@@H](C)C(F)(F)[C@@H](C)C4)c(C#N)cc3Cl)ccc2n(CC2CN(C(=O)OC(C)(C)C)C2)c1=O. The summed E-state index contributed by atoms with van der Waals surface area (Å²) in [6.07, 6.45) is -0.424. The van der Waals surface area contributed by atoms with E-state index in [2.05, 4.69) is 21.1 Å². The minimum absolute atomic E-state index is 0.0124. The van der Waals surface area contributed by atoms with Gasteiger partial charge in [-0.05, 0) is 51.1 Å². The van der Waals surface area contributed by atoms with Crippen LogP contribution in [0.15, 0.2) is 35.1 Å². The lowest BCUT2D eigenvalue weighted by atomic mass is 9.87. The number of hydrogen-bond donors (Lipinski definition) is 1. The maximum absolute atomic E-state index is 14.6. The molecular formula is C34H39ClF2N6O6. The Morgan fingerprint density at radius 2 is 1.80 bits per heavy atom. The minimum Gasteiger partial charge on any atom is -0.476 e. The Labute approximate surface area is 287 Å². The number of piperidine rings is 1. The Hall–Kier alpha value is -4.64. The van der Waals surface area contributed by atoms with E-state index in [0.717, 1.165) is 0 Å². The van der Waals surface area contributed by atoms with Gasteiger partial charge in [-0.1, -0.05) is 25.4 Å². The molecule has 0 aliphatic carbocycles. The fourth-order valence-corrected chi connectivity index (χ4v) is 6.20.